The van der Waals surface area contributed by atoms with Gasteiger partial charge in [-0.2, -0.15) is 5.10 Å². The SMILES string of the molecule is O=C(c1cc(Cc2n[nH]c(=O)c3ccccc23)ccc1F)N1CCN([O-])C(O)(c2ccc([N+](=O)[O-])cc2[N+](=O)[O-])C1. The van der Waals surface area contributed by atoms with Gasteiger partial charge in [0.25, 0.3) is 22.8 Å². The van der Waals surface area contributed by atoms with Crippen LogP contribution in [0.15, 0.2) is 65.5 Å². The molecule has 1 aliphatic heterocycles. The fourth-order valence-electron chi connectivity index (χ4n) is 4.85. The van der Waals surface area contributed by atoms with Crippen molar-refractivity contribution < 1.29 is 24.1 Å². The number of amides is 1. The third-order valence-electron chi connectivity index (χ3n) is 6.91. The molecule has 1 aromatic heterocycles. The second-order valence-electron chi connectivity index (χ2n) is 9.40. The number of nitro benzene ring substituents is 2. The lowest BCUT2D eigenvalue weighted by Gasteiger charge is -2.51. The molecule has 1 saturated heterocycles. The number of aliphatic hydroxyl groups is 1. The number of fused-ring (bicyclic) bond motifs is 1. The normalized spacial score (nSPS) is 17.5. The van der Waals surface area contributed by atoms with Crippen molar-refractivity contribution in [2.45, 2.75) is 12.1 Å². The second-order valence-corrected chi connectivity index (χ2v) is 9.40. The molecular formula is C26H20FN6O8-. The highest BCUT2D eigenvalue weighted by Crippen LogP contribution is 2.37. The summed E-state index contributed by atoms with van der Waals surface area (Å²) in [6, 6.07) is 13.0. The molecule has 0 aliphatic carbocycles. The molecule has 3 aromatic carbocycles. The minimum Gasteiger partial charge on any atom is -0.783 e. The van der Waals surface area contributed by atoms with Crippen LogP contribution in [0.5, 0.6) is 0 Å². The Balaban J connectivity index is 1.46. The van der Waals surface area contributed by atoms with Crippen molar-refractivity contribution in [3.63, 3.8) is 0 Å². The molecule has 2 N–H and O–H groups in total. The third kappa shape index (κ3) is 5.00. The highest BCUT2D eigenvalue weighted by molar-refractivity contribution is 5.95. The van der Waals surface area contributed by atoms with E-state index in [0.29, 0.717) is 28.1 Å². The van der Waals surface area contributed by atoms with Gasteiger partial charge in [0.15, 0.2) is 5.72 Å². The third-order valence-corrected chi connectivity index (χ3v) is 6.91. The molecule has 0 bridgehead atoms. The van der Waals surface area contributed by atoms with Crippen molar-refractivity contribution in [1.82, 2.24) is 20.2 Å². The predicted octanol–water partition coefficient (Wildman–Crippen LogP) is 2.57. The van der Waals surface area contributed by atoms with Gasteiger partial charge in [0, 0.05) is 31.0 Å². The molecule has 1 atom stereocenters. The molecule has 1 amide bonds. The maximum Gasteiger partial charge on any atom is 0.283 e. The number of hydrogen-bond acceptors (Lipinski definition) is 10. The first-order chi connectivity index (χ1) is 19.5. The molecular weight excluding hydrogens is 543 g/mol. The number of rotatable bonds is 6. The van der Waals surface area contributed by atoms with Crippen molar-refractivity contribution in [3.8, 4) is 0 Å². The minimum atomic E-state index is -2.64. The number of halogens is 1. The van der Waals surface area contributed by atoms with Crippen LogP contribution >= 0.6 is 0 Å². The van der Waals surface area contributed by atoms with Crippen molar-refractivity contribution in [3.05, 3.63) is 125 Å². The Labute approximate surface area is 229 Å². The van der Waals surface area contributed by atoms with Crippen molar-refractivity contribution >= 4 is 28.1 Å². The number of benzene rings is 3. The van der Waals surface area contributed by atoms with Crippen LogP contribution in [0.1, 0.15) is 27.2 Å². The Kier molecular flexibility index (Phi) is 7.00. The summed E-state index contributed by atoms with van der Waals surface area (Å²) in [7, 11) is 0. The summed E-state index contributed by atoms with van der Waals surface area (Å²) >= 11 is 0. The number of carbonyl (C=O) groups excluding carboxylic acids is 1. The standard InChI is InChI=1S/C26H20FN6O8/c27-21-8-5-15(12-22-17-3-1-2-4-18(17)24(34)29-28-22)11-19(21)25(35)30-9-10-31(37)26(36,14-30)20-7-6-16(32(38)39)13-23(20)33(40)41/h1-8,11,13,36H,9-10,12,14H2,(H,29,34)/q-1. The number of aromatic amines is 1. The Morgan fingerprint density at radius 3 is 2.49 bits per heavy atom. The molecule has 1 aliphatic rings. The number of H-pyrrole nitrogens is 1. The Morgan fingerprint density at radius 2 is 1.78 bits per heavy atom. The lowest BCUT2D eigenvalue weighted by molar-refractivity contribution is -0.395. The van der Waals surface area contributed by atoms with Gasteiger partial charge in [-0.25, -0.2) is 9.49 Å². The van der Waals surface area contributed by atoms with E-state index < -0.39 is 57.3 Å². The lowest BCUT2D eigenvalue weighted by Crippen LogP contribution is -2.59. The summed E-state index contributed by atoms with van der Waals surface area (Å²) in [4.78, 5) is 47.4. The van der Waals surface area contributed by atoms with E-state index in [1.165, 1.54) is 12.1 Å². The molecule has 15 heteroatoms. The zero-order valence-corrected chi connectivity index (χ0v) is 21.0. The van der Waals surface area contributed by atoms with Gasteiger partial charge in [0.05, 0.1) is 44.7 Å². The summed E-state index contributed by atoms with van der Waals surface area (Å²) in [5, 5.41) is 54.4. The van der Waals surface area contributed by atoms with Crippen LogP contribution in [0.4, 0.5) is 15.8 Å². The second kappa shape index (κ2) is 10.5. The molecule has 0 spiro atoms. The van der Waals surface area contributed by atoms with Crippen LogP contribution in [-0.2, 0) is 12.1 Å². The average Bonchev–Trinajstić information content (AvgIpc) is 2.96. The zero-order chi connectivity index (χ0) is 29.5. The van der Waals surface area contributed by atoms with Crippen molar-refractivity contribution in [1.29, 1.82) is 0 Å². The number of β-amino-alcohol motifs (C(OH)–C–C–N with tert-alkyl or cyclic N) is 1. The average molecular weight is 563 g/mol. The van der Waals surface area contributed by atoms with E-state index >= 15 is 0 Å². The van der Waals surface area contributed by atoms with Gasteiger partial charge >= 0.3 is 0 Å². The minimum absolute atomic E-state index is 0.130. The monoisotopic (exact) mass is 563 g/mol. The van der Waals surface area contributed by atoms with E-state index in [1.54, 1.807) is 24.3 Å². The number of nitrogens with zero attached hydrogens (tertiary/aromatic N) is 5. The van der Waals surface area contributed by atoms with Gasteiger partial charge in [-0.1, -0.05) is 24.3 Å². The van der Waals surface area contributed by atoms with E-state index in [9.17, 15) is 44.5 Å². The highest BCUT2D eigenvalue weighted by atomic mass is 19.1. The Bertz CT molecular complexity index is 1780. The summed E-state index contributed by atoms with van der Waals surface area (Å²) in [6.07, 6.45) is 0.130. The van der Waals surface area contributed by atoms with E-state index in [1.807, 2.05) is 0 Å². The van der Waals surface area contributed by atoms with Gasteiger partial charge in [0.2, 0.25) is 0 Å². The molecule has 5 rings (SSSR count). The van der Waals surface area contributed by atoms with Crippen LogP contribution in [0.3, 0.4) is 0 Å². The van der Waals surface area contributed by atoms with E-state index in [-0.39, 0.29) is 29.2 Å². The van der Waals surface area contributed by atoms with E-state index in [4.69, 9.17) is 0 Å². The summed E-state index contributed by atoms with van der Waals surface area (Å²) in [5.74, 6) is -1.77. The lowest BCUT2D eigenvalue weighted by atomic mass is 9.96. The van der Waals surface area contributed by atoms with Gasteiger partial charge in [-0.3, -0.25) is 29.8 Å². The zero-order valence-electron chi connectivity index (χ0n) is 21.0. The fraction of sp³-hybridized carbons (Fsp3) is 0.192. The first-order valence-electron chi connectivity index (χ1n) is 12.1. The molecule has 14 nitrogen and oxygen atoms in total. The van der Waals surface area contributed by atoms with Crippen LogP contribution in [0.2, 0.25) is 0 Å². The molecule has 1 unspecified atom stereocenters. The molecule has 210 valence electrons. The van der Waals surface area contributed by atoms with E-state index in [0.717, 1.165) is 23.1 Å². The maximum absolute atomic E-state index is 14.9. The van der Waals surface area contributed by atoms with Crippen molar-refractivity contribution in [2.75, 3.05) is 19.6 Å². The number of carbonyl (C=O) groups is 1. The number of piperazine rings is 1. The van der Waals surface area contributed by atoms with Gasteiger partial charge in [0.1, 0.15) is 5.82 Å². The molecule has 0 radical (unpaired) electrons. The number of nitro groups is 2. The molecule has 0 saturated carbocycles. The summed E-state index contributed by atoms with van der Waals surface area (Å²) in [5.41, 5.74) is -4.51. The summed E-state index contributed by atoms with van der Waals surface area (Å²) < 4.78 is 14.9. The van der Waals surface area contributed by atoms with Gasteiger partial charge in [-0.15, -0.1) is 0 Å². The van der Waals surface area contributed by atoms with Crippen LogP contribution in [0.25, 0.3) is 10.8 Å². The fourth-order valence-corrected chi connectivity index (χ4v) is 4.85. The van der Waals surface area contributed by atoms with Gasteiger partial charge < -0.3 is 20.3 Å². The summed E-state index contributed by atoms with van der Waals surface area (Å²) in [6.45, 7) is -1.49. The molecule has 2 heterocycles. The van der Waals surface area contributed by atoms with Gasteiger partial charge in [-0.05, 0) is 29.8 Å². The number of hydrogen-bond donors (Lipinski definition) is 2. The molecule has 4 aromatic rings. The van der Waals surface area contributed by atoms with Crippen molar-refractivity contribution in [2.24, 2.45) is 0 Å². The quantitative estimate of drug-likeness (QED) is 0.259. The van der Waals surface area contributed by atoms with Crippen LogP contribution in [-0.4, -0.2) is 60.7 Å². The number of aromatic nitrogens is 2. The molecule has 41 heavy (non-hydrogen) atoms. The Morgan fingerprint density at radius 1 is 1.05 bits per heavy atom. The topological polar surface area (TPSA) is 199 Å². The van der Waals surface area contributed by atoms with Crippen LogP contribution in [0, 0.1) is 31.3 Å². The highest BCUT2D eigenvalue weighted by Gasteiger charge is 2.43. The number of hydroxylamine groups is 2. The van der Waals surface area contributed by atoms with Crippen LogP contribution < -0.4 is 5.56 Å². The number of nitrogens with one attached hydrogen (secondary N) is 1. The number of non-ortho nitro benzene ring substituents is 1. The maximum atomic E-state index is 14.9. The Hall–Kier alpha value is -5.12. The smallest absolute Gasteiger partial charge is 0.283 e. The predicted molar refractivity (Wildman–Crippen MR) is 141 cm³/mol. The first kappa shape index (κ1) is 27.4. The largest absolute Gasteiger partial charge is 0.783 e. The molecule has 1 fully saturated rings. The van der Waals surface area contributed by atoms with E-state index in [2.05, 4.69) is 10.2 Å². The first-order valence-corrected chi connectivity index (χ1v) is 12.1.